The quantitative estimate of drug-likeness (QED) is 0.237. The summed E-state index contributed by atoms with van der Waals surface area (Å²) in [5.74, 6) is 0.678. The van der Waals surface area contributed by atoms with Crippen LogP contribution in [-0.4, -0.2) is 23.8 Å². The third-order valence-corrected chi connectivity index (χ3v) is 6.05. The fraction of sp³-hybridized carbons (Fsp3) is 0.462. The Labute approximate surface area is 134 Å². The number of ether oxygens (including phenoxy) is 1. The van der Waals surface area contributed by atoms with Crippen molar-refractivity contribution in [2.24, 2.45) is 5.41 Å². The lowest BCUT2D eigenvalue weighted by molar-refractivity contribution is -0.385. The highest BCUT2D eigenvalue weighted by Gasteiger charge is 2.44. The highest BCUT2D eigenvalue weighted by Crippen LogP contribution is 2.52. The number of nitrogens with zero attached hydrogens (tertiary/aromatic N) is 1. The summed E-state index contributed by atoms with van der Waals surface area (Å²) in [5.41, 5.74) is 0.164. The van der Waals surface area contributed by atoms with E-state index in [0.717, 1.165) is 27.1 Å². The highest BCUT2D eigenvalue weighted by atomic mass is 127. The molecule has 0 radical (unpaired) electrons. The van der Waals surface area contributed by atoms with Gasteiger partial charge >= 0.3 is 5.97 Å². The van der Waals surface area contributed by atoms with Crippen LogP contribution in [0.25, 0.3) is 0 Å². The minimum atomic E-state index is -0.393. The topological polar surface area (TPSA) is 69.4 Å². The maximum absolute atomic E-state index is 11.4. The van der Waals surface area contributed by atoms with Crippen molar-refractivity contribution in [3.8, 4) is 0 Å². The molecule has 1 saturated carbocycles. The van der Waals surface area contributed by atoms with Crippen LogP contribution in [0.1, 0.15) is 19.3 Å². The summed E-state index contributed by atoms with van der Waals surface area (Å²) < 4.78 is 5.59. The van der Waals surface area contributed by atoms with Gasteiger partial charge in [-0.15, -0.1) is 11.8 Å². The molecule has 5 nitrogen and oxygen atoms in total. The summed E-state index contributed by atoms with van der Waals surface area (Å²) in [6.07, 6.45) is 2.54. The smallest absolute Gasteiger partial charge is 0.306 e. The first-order valence-corrected chi connectivity index (χ1v) is 8.16. The minimum absolute atomic E-state index is 0.0581. The second-order valence-corrected chi connectivity index (χ2v) is 7.09. The van der Waals surface area contributed by atoms with Gasteiger partial charge < -0.3 is 4.74 Å². The first kappa shape index (κ1) is 15.6. The van der Waals surface area contributed by atoms with E-state index in [2.05, 4.69) is 22.6 Å². The maximum Gasteiger partial charge on any atom is 0.306 e. The number of hydrogen-bond acceptors (Lipinski definition) is 5. The lowest BCUT2D eigenvalue weighted by Crippen LogP contribution is -2.13. The number of nitro benzene ring substituents is 1. The Morgan fingerprint density at radius 1 is 1.55 bits per heavy atom. The van der Waals surface area contributed by atoms with Gasteiger partial charge in [0.1, 0.15) is 0 Å². The van der Waals surface area contributed by atoms with E-state index in [1.165, 1.54) is 13.2 Å². The number of methoxy groups -OCH3 is 1. The minimum Gasteiger partial charge on any atom is -0.469 e. The van der Waals surface area contributed by atoms with Crippen LogP contribution < -0.4 is 0 Å². The Balaban J connectivity index is 1.98. The zero-order chi connectivity index (χ0) is 14.8. The number of thioether (sulfide) groups is 1. The van der Waals surface area contributed by atoms with E-state index in [9.17, 15) is 14.9 Å². The number of carbonyl (C=O) groups excluding carboxylic acids is 1. The van der Waals surface area contributed by atoms with Gasteiger partial charge in [0.15, 0.2) is 0 Å². The van der Waals surface area contributed by atoms with E-state index in [1.54, 1.807) is 23.9 Å². The van der Waals surface area contributed by atoms with Crippen LogP contribution >= 0.6 is 34.4 Å². The molecule has 0 bridgehead atoms. The Morgan fingerprint density at radius 2 is 2.25 bits per heavy atom. The van der Waals surface area contributed by atoms with Crippen LogP contribution in [0, 0.1) is 19.1 Å². The van der Waals surface area contributed by atoms with Crippen molar-refractivity contribution in [1.82, 2.24) is 0 Å². The summed E-state index contributed by atoms with van der Waals surface area (Å²) in [4.78, 5) is 22.7. The van der Waals surface area contributed by atoms with Crippen molar-refractivity contribution in [3.63, 3.8) is 0 Å². The zero-order valence-electron chi connectivity index (χ0n) is 10.9. The third-order valence-electron chi connectivity index (χ3n) is 3.36. The number of non-ortho nitro benzene ring substituents is 1. The molecular weight excluding hydrogens is 393 g/mol. The Kier molecular flexibility index (Phi) is 4.90. The average molecular weight is 407 g/mol. The second kappa shape index (κ2) is 6.30. The fourth-order valence-electron chi connectivity index (χ4n) is 1.88. The summed E-state index contributed by atoms with van der Waals surface area (Å²) in [7, 11) is 1.41. The number of benzene rings is 1. The number of esters is 1. The third kappa shape index (κ3) is 3.85. The van der Waals surface area contributed by atoms with E-state index in [1.807, 2.05) is 0 Å². The standard InChI is InChI=1S/C13H14INO4S/c1-19-12(16)7-13(4-5-13)8-20-11-3-2-9(15(17)18)6-10(11)14/h2-3,6H,4-5,7-8H2,1H3. The highest BCUT2D eigenvalue weighted by molar-refractivity contribution is 14.1. The molecule has 20 heavy (non-hydrogen) atoms. The Bertz CT molecular complexity index is 545. The molecule has 7 heteroatoms. The molecule has 2 rings (SSSR count). The predicted molar refractivity (Wildman–Crippen MR) is 84.8 cm³/mol. The molecule has 1 aliphatic rings. The molecule has 0 aromatic heterocycles. The Morgan fingerprint density at radius 3 is 2.75 bits per heavy atom. The van der Waals surface area contributed by atoms with Crippen LogP contribution in [0.5, 0.6) is 0 Å². The van der Waals surface area contributed by atoms with Gasteiger partial charge in [0.25, 0.3) is 5.69 Å². The molecule has 0 amide bonds. The van der Waals surface area contributed by atoms with Gasteiger partial charge in [-0.1, -0.05) is 0 Å². The molecule has 0 unspecified atom stereocenters. The predicted octanol–water partition coefficient (Wildman–Crippen LogP) is 3.63. The van der Waals surface area contributed by atoms with Crippen molar-refractivity contribution in [2.75, 3.05) is 12.9 Å². The van der Waals surface area contributed by atoms with Gasteiger partial charge in [0.05, 0.1) is 18.5 Å². The lowest BCUT2D eigenvalue weighted by atomic mass is 10.1. The molecular formula is C13H14INO4S. The van der Waals surface area contributed by atoms with Crippen molar-refractivity contribution in [1.29, 1.82) is 0 Å². The van der Waals surface area contributed by atoms with E-state index < -0.39 is 4.92 Å². The number of nitro groups is 1. The van der Waals surface area contributed by atoms with Crippen molar-refractivity contribution in [3.05, 3.63) is 31.9 Å². The van der Waals surface area contributed by atoms with Crippen LogP contribution in [0.4, 0.5) is 5.69 Å². The molecule has 0 spiro atoms. The molecule has 1 aliphatic carbocycles. The average Bonchev–Trinajstić information content (AvgIpc) is 3.17. The first-order chi connectivity index (χ1) is 9.46. The van der Waals surface area contributed by atoms with E-state index in [-0.39, 0.29) is 17.1 Å². The molecule has 0 aliphatic heterocycles. The Hall–Kier alpha value is -0.830. The summed E-state index contributed by atoms with van der Waals surface area (Å²) in [6.45, 7) is 0. The molecule has 1 aromatic rings. The van der Waals surface area contributed by atoms with Gasteiger partial charge in [-0.05, 0) is 46.9 Å². The van der Waals surface area contributed by atoms with E-state index >= 15 is 0 Å². The normalized spacial score (nSPS) is 15.7. The van der Waals surface area contributed by atoms with Crippen LogP contribution in [0.3, 0.4) is 0 Å². The van der Waals surface area contributed by atoms with E-state index in [0.29, 0.717) is 6.42 Å². The monoisotopic (exact) mass is 407 g/mol. The van der Waals surface area contributed by atoms with Crippen molar-refractivity contribution in [2.45, 2.75) is 24.2 Å². The summed E-state index contributed by atoms with van der Waals surface area (Å²) >= 11 is 3.76. The van der Waals surface area contributed by atoms with Crippen molar-refractivity contribution >= 4 is 46.0 Å². The summed E-state index contributed by atoms with van der Waals surface area (Å²) in [5, 5.41) is 10.7. The summed E-state index contributed by atoms with van der Waals surface area (Å²) in [6, 6.07) is 4.87. The van der Waals surface area contributed by atoms with Gasteiger partial charge in [0, 0.05) is 26.4 Å². The molecule has 0 saturated heterocycles. The molecule has 0 N–H and O–H groups in total. The second-order valence-electron chi connectivity index (χ2n) is 4.91. The number of hydrogen-bond donors (Lipinski definition) is 0. The van der Waals surface area contributed by atoms with Crippen LogP contribution in [-0.2, 0) is 9.53 Å². The molecule has 1 aromatic carbocycles. The number of halogens is 1. The number of carbonyl (C=O) groups is 1. The van der Waals surface area contributed by atoms with Crippen LogP contribution in [0.2, 0.25) is 0 Å². The van der Waals surface area contributed by atoms with E-state index in [4.69, 9.17) is 4.74 Å². The maximum atomic E-state index is 11.4. The SMILES string of the molecule is COC(=O)CC1(CSc2ccc([N+](=O)[O-])cc2I)CC1. The zero-order valence-corrected chi connectivity index (χ0v) is 13.9. The first-order valence-electron chi connectivity index (χ1n) is 6.09. The molecule has 0 heterocycles. The van der Waals surface area contributed by atoms with Crippen LogP contribution in [0.15, 0.2) is 23.1 Å². The molecule has 108 valence electrons. The fourth-order valence-corrected chi connectivity index (χ4v) is 4.06. The van der Waals surface area contributed by atoms with Gasteiger partial charge in [-0.2, -0.15) is 0 Å². The van der Waals surface area contributed by atoms with Gasteiger partial charge in [-0.25, -0.2) is 0 Å². The largest absolute Gasteiger partial charge is 0.469 e. The lowest BCUT2D eigenvalue weighted by Gasteiger charge is -2.13. The van der Waals surface area contributed by atoms with Crippen molar-refractivity contribution < 1.29 is 14.5 Å². The van der Waals surface area contributed by atoms with Gasteiger partial charge in [0.2, 0.25) is 0 Å². The molecule has 1 fully saturated rings. The van der Waals surface area contributed by atoms with Gasteiger partial charge in [-0.3, -0.25) is 14.9 Å². The number of rotatable bonds is 6. The molecule has 0 atom stereocenters.